The maximum Gasteiger partial charge on any atom is 0.419 e. The second-order valence-electron chi connectivity index (χ2n) is 2.92. The van der Waals surface area contributed by atoms with E-state index >= 15 is 0 Å². The molecule has 7 heteroatoms. The largest absolute Gasteiger partial charge is 0.452 e. The van der Waals surface area contributed by atoms with E-state index < -0.39 is 22.9 Å². The first-order valence-corrected chi connectivity index (χ1v) is 4.54. The average molecular weight is 247 g/mol. The Bertz CT molecular complexity index is 582. The molecule has 0 unspecified atom stereocenters. The Morgan fingerprint density at radius 3 is 2.81 bits per heavy atom. The zero-order chi connectivity index (χ0) is 11.9. The Hall–Kier alpha value is -1.69. The van der Waals surface area contributed by atoms with Crippen molar-refractivity contribution in [2.24, 2.45) is 0 Å². The summed E-state index contributed by atoms with van der Waals surface area (Å²) >= 11 is 5.38. The van der Waals surface area contributed by atoms with Crippen molar-refractivity contribution in [3.8, 4) is 0 Å². The second-order valence-corrected chi connectivity index (χ2v) is 3.28. The number of methoxy groups -OCH3 is 1. The molecule has 0 aliphatic rings. The fourth-order valence-corrected chi connectivity index (χ4v) is 1.47. The van der Waals surface area contributed by atoms with Crippen molar-refractivity contribution >= 4 is 28.7 Å². The van der Waals surface area contributed by atoms with Gasteiger partial charge in [-0.15, -0.1) is 0 Å². The molecule has 2 heterocycles. The monoisotopic (exact) mass is 246 g/mol. The Balaban J connectivity index is 2.79. The number of aromatic nitrogens is 2. The lowest BCUT2D eigenvalue weighted by Gasteiger charge is -2.02. The van der Waals surface area contributed by atoms with Crippen LogP contribution in [0.5, 0.6) is 0 Å². The SMILES string of the molecule is COC(=O)n1ccc2c(F)c(F)c(Cl)nc21. The number of carbonyl (C=O) groups excluding carboxylic acids is 1. The van der Waals surface area contributed by atoms with Gasteiger partial charge in [0.25, 0.3) is 0 Å². The first-order chi connectivity index (χ1) is 7.56. The molecule has 84 valence electrons. The molecule has 4 nitrogen and oxygen atoms in total. The molecule has 2 rings (SSSR count). The average Bonchev–Trinajstić information content (AvgIpc) is 2.68. The number of pyridine rings is 1. The van der Waals surface area contributed by atoms with Gasteiger partial charge in [0, 0.05) is 6.20 Å². The molecule has 0 atom stereocenters. The van der Waals surface area contributed by atoms with Gasteiger partial charge in [-0.05, 0) is 6.07 Å². The van der Waals surface area contributed by atoms with Gasteiger partial charge < -0.3 is 4.74 Å². The van der Waals surface area contributed by atoms with Gasteiger partial charge in [0.1, 0.15) is 0 Å². The van der Waals surface area contributed by atoms with Gasteiger partial charge in [0.05, 0.1) is 12.5 Å². The molecule has 0 fully saturated rings. The fourth-order valence-electron chi connectivity index (χ4n) is 1.31. The summed E-state index contributed by atoms with van der Waals surface area (Å²) in [5, 5.41) is -0.763. The third kappa shape index (κ3) is 1.42. The number of rotatable bonds is 0. The summed E-state index contributed by atoms with van der Waals surface area (Å²) in [4.78, 5) is 14.8. The lowest BCUT2D eigenvalue weighted by Crippen LogP contribution is -2.10. The quantitative estimate of drug-likeness (QED) is 0.671. The standard InChI is InChI=1S/C9H5ClF2N2O2/c1-16-9(15)14-3-2-4-5(11)6(12)7(10)13-8(4)14/h2-3H,1H3. The van der Waals surface area contributed by atoms with E-state index in [2.05, 4.69) is 9.72 Å². The van der Waals surface area contributed by atoms with E-state index in [1.165, 1.54) is 12.3 Å². The first-order valence-electron chi connectivity index (χ1n) is 4.16. The van der Waals surface area contributed by atoms with Gasteiger partial charge in [-0.1, -0.05) is 11.6 Å². The minimum atomic E-state index is -1.24. The van der Waals surface area contributed by atoms with Crippen LogP contribution in [-0.2, 0) is 4.74 Å². The molecule has 0 aromatic carbocycles. The van der Waals surface area contributed by atoms with Crippen LogP contribution in [0.2, 0.25) is 5.15 Å². The Morgan fingerprint density at radius 2 is 2.19 bits per heavy atom. The van der Waals surface area contributed by atoms with E-state index in [4.69, 9.17) is 11.6 Å². The van der Waals surface area contributed by atoms with Gasteiger partial charge in [-0.2, -0.15) is 0 Å². The molecule has 0 aliphatic heterocycles. The number of halogens is 3. The number of fused-ring (bicyclic) bond motifs is 1. The minimum absolute atomic E-state index is 0.0873. The van der Waals surface area contributed by atoms with Crippen LogP contribution >= 0.6 is 11.6 Å². The van der Waals surface area contributed by atoms with Crippen LogP contribution in [0.15, 0.2) is 12.3 Å². The van der Waals surface area contributed by atoms with Crippen molar-refractivity contribution in [1.82, 2.24) is 9.55 Å². The molecular weight excluding hydrogens is 242 g/mol. The molecule has 0 saturated heterocycles. The first kappa shape index (κ1) is 10.8. The molecular formula is C9H5ClF2N2O2. The van der Waals surface area contributed by atoms with Crippen molar-refractivity contribution in [3.05, 3.63) is 29.1 Å². The number of ether oxygens (including phenoxy) is 1. The highest BCUT2D eigenvalue weighted by molar-refractivity contribution is 6.30. The maximum atomic E-state index is 13.4. The third-order valence-electron chi connectivity index (χ3n) is 2.05. The number of hydrogen-bond acceptors (Lipinski definition) is 3. The molecule has 0 N–H and O–H groups in total. The van der Waals surface area contributed by atoms with Gasteiger partial charge in [0.15, 0.2) is 22.4 Å². The molecule has 0 bridgehead atoms. The van der Waals surface area contributed by atoms with E-state index in [-0.39, 0.29) is 11.0 Å². The van der Waals surface area contributed by atoms with Gasteiger partial charge in [-0.25, -0.2) is 23.1 Å². The van der Waals surface area contributed by atoms with Crippen molar-refractivity contribution < 1.29 is 18.3 Å². The Morgan fingerprint density at radius 1 is 1.50 bits per heavy atom. The zero-order valence-corrected chi connectivity index (χ0v) is 8.76. The van der Waals surface area contributed by atoms with E-state index in [9.17, 15) is 13.6 Å². The third-order valence-corrected chi connectivity index (χ3v) is 2.30. The van der Waals surface area contributed by atoms with Crippen molar-refractivity contribution in [2.75, 3.05) is 7.11 Å². The van der Waals surface area contributed by atoms with Crippen molar-refractivity contribution in [2.45, 2.75) is 0 Å². The molecule has 2 aromatic rings. The summed E-state index contributed by atoms with van der Waals surface area (Å²) in [5.74, 6) is -2.38. The predicted octanol–water partition coefficient (Wildman–Crippen LogP) is 2.58. The molecule has 0 aliphatic carbocycles. The van der Waals surface area contributed by atoms with Crippen molar-refractivity contribution in [3.63, 3.8) is 0 Å². The van der Waals surface area contributed by atoms with Crippen LogP contribution in [0.3, 0.4) is 0 Å². The smallest absolute Gasteiger partial charge is 0.419 e. The summed E-state index contributed by atoms with van der Waals surface area (Å²) in [5.41, 5.74) is -0.0873. The van der Waals surface area contributed by atoms with Gasteiger partial charge >= 0.3 is 6.09 Å². The topological polar surface area (TPSA) is 44.1 Å². The molecule has 2 aromatic heterocycles. The molecule has 0 radical (unpaired) electrons. The van der Waals surface area contributed by atoms with E-state index in [1.807, 2.05) is 0 Å². The van der Waals surface area contributed by atoms with E-state index in [0.717, 1.165) is 11.7 Å². The highest BCUT2D eigenvalue weighted by Gasteiger charge is 2.18. The summed E-state index contributed by atoms with van der Waals surface area (Å²) in [6.45, 7) is 0. The zero-order valence-electron chi connectivity index (χ0n) is 8.00. The van der Waals surface area contributed by atoms with Crippen LogP contribution < -0.4 is 0 Å². The summed E-state index contributed by atoms with van der Waals surface area (Å²) in [6, 6.07) is 1.22. The van der Waals surface area contributed by atoms with Gasteiger partial charge in [0.2, 0.25) is 0 Å². The van der Waals surface area contributed by atoms with Crippen LogP contribution in [0, 0.1) is 11.6 Å². The van der Waals surface area contributed by atoms with Crippen molar-refractivity contribution in [1.29, 1.82) is 0 Å². The summed E-state index contributed by atoms with van der Waals surface area (Å²) < 4.78 is 31.8. The second kappa shape index (κ2) is 3.71. The van der Waals surface area contributed by atoms with E-state index in [0.29, 0.717) is 0 Å². The number of nitrogens with zero attached hydrogens (tertiary/aromatic N) is 2. The maximum absolute atomic E-state index is 13.4. The van der Waals surface area contributed by atoms with Gasteiger partial charge in [-0.3, -0.25) is 0 Å². The molecule has 16 heavy (non-hydrogen) atoms. The number of carbonyl (C=O) groups is 1. The Kier molecular flexibility index (Phi) is 2.51. The molecule has 0 spiro atoms. The fraction of sp³-hybridized carbons (Fsp3) is 0.111. The lowest BCUT2D eigenvalue weighted by molar-refractivity contribution is 0.174. The molecule has 0 saturated carbocycles. The highest BCUT2D eigenvalue weighted by Crippen LogP contribution is 2.24. The minimum Gasteiger partial charge on any atom is -0.452 e. The van der Waals surface area contributed by atoms with Crippen LogP contribution in [-0.4, -0.2) is 22.8 Å². The summed E-state index contributed by atoms with van der Waals surface area (Å²) in [7, 11) is 1.16. The predicted molar refractivity (Wildman–Crippen MR) is 52.5 cm³/mol. The lowest BCUT2D eigenvalue weighted by atomic mass is 10.3. The van der Waals surface area contributed by atoms with Crippen LogP contribution in [0.4, 0.5) is 13.6 Å². The Labute approximate surface area is 93.4 Å². The van der Waals surface area contributed by atoms with Crippen LogP contribution in [0.25, 0.3) is 11.0 Å². The summed E-state index contributed by atoms with van der Waals surface area (Å²) in [6.07, 6.45) is 0.465. The number of hydrogen-bond donors (Lipinski definition) is 0. The highest BCUT2D eigenvalue weighted by atomic mass is 35.5. The normalized spacial score (nSPS) is 10.8. The van der Waals surface area contributed by atoms with Crippen LogP contribution in [0.1, 0.15) is 0 Å². The molecule has 0 amide bonds. The van der Waals surface area contributed by atoms with E-state index in [1.54, 1.807) is 0 Å².